The maximum Gasteiger partial charge on any atom is 0.289 e. The SMILES string of the molecule is O=C(NC1CCCCC1N1C(=O)CSC1=O)c1ccc(Cn2ccnc2)cc1. The van der Waals surface area contributed by atoms with Crippen LogP contribution in [-0.2, 0) is 11.3 Å². The highest BCUT2D eigenvalue weighted by Gasteiger charge is 2.41. The summed E-state index contributed by atoms with van der Waals surface area (Å²) >= 11 is 1.05. The fourth-order valence-electron chi connectivity index (χ4n) is 3.88. The largest absolute Gasteiger partial charge is 0.347 e. The Hall–Kier alpha value is -2.61. The maximum atomic E-state index is 12.7. The zero-order valence-electron chi connectivity index (χ0n) is 15.4. The van der Waals surface area contributed by atoms with Crippen molar-refractivity contribution in [3.05, 3.63) is 54.1 Å². The Bertz CT molecular complexity index is 850. The molecule has 1 aromatic carbocycles. The van der Waals surface area contributed by atoms with Crippen molar-refractivity contribution in [3.8, 4) is 0 Å². The molecule has 3 amide bonds. The molecule has 28 heavy (non-hydrogen) atoms. The number of nitrogens with zero attached hydrogens (tertiary/aromatic N) is 3. The second-order valence-electron chi connectivity index (χ2n) is 7.18. The Labute approximate surface area is 167 Å². The van der Waals surface area contributed by atoms with Gasteiger partial charge in [0.05, 0.1) is 24.2 Å². The van der Waals surface area contributed by atoms with Gasteiger partial charge in [0.1, 0.15) is 0 Å². The van der Waals surface area contributed by atoms with Crippen LogP contribution in [0.1, 0.15) is 41.6 Å². The zero-order chi connectivity index (χ0) is 19.5. The van der Waals surface area contributed by atoms with Crippen molar-refractivity contribution in [1.82, 2.24) is 19.8 Å². The standard InChI is InChI=1S/C20H22N4O3S/c25-18-12-28-20(27)24(18)17-4-2-1-3-16(17)22-19(26)15-7-5-14(6-8-15)11-23-10-9-21-13-23/h5-10,13,16-17H,1-4,11-12H2,(H,22,26). The molecule has 4 rings (SSSR count). The van der Waals surface area contributed by atoms with Gasteiger partial charge in [0.2, 0.25) is 5.91 Å². The van der Waals surface area contributed by atoms with Gasteiger partial charge < -0.3 is 9.88 Å². The molecule has 1 aliphatic carbocycles. The summed E-state index contributed by atoms with van der Waals surface area (Å²) in [5.41, 5.74) is 1.66. The molecule has 1 N–H and O–H groups in total. The van der Waals surface area contributed by atoms with E-state index in [0.717, 1.165) is 43.0 Å². The van der Waals surface area contributed by atoms with Gasteiger partial charge in [0.25, 0.3) is 11.1 Å². The van der Waals surface area contributed by atoms with Crippen LogP contribution in [0, 0.1) is 0 Å². The van der Waals surface area contributed by atoms with E-state index in [1.807, 2.05) is 22.9 Å². The van der Waals surface area contributed by atoms with Crippen molar-refractivity contribution in [2.45, 2.75) is 44.3 Å². The third-order valence-electron chi connectivity index (χ3n) is 5.30. The lowest BCUT2D eigenvalue weighted by Gasteiger charge is -2.36. The van der Waals surface area contributed by atoms with Crippen molar-refractivity contribution in [1.29, 1.82) is 0 Å². The summed E-state index contributed by atoms with van der Waals surface area (Å²) in [6.45, 7) is 0.698. The summed E-state index contributed by atoms with van der Waals surface area (Å²) in [5.74, 6) is -0.114. The molecule has 8 heteroatoms. The number of hydrogen-bond donors (Lipinski definition) is 1. The predicted octanol–water partition coefficient (Wildman–Crippen LogP) is 2.67. The van der Waals surface area contributed by atoms with Gasteiger partial charge in [0.15, 0.2) is 0 Å². The van der Waals surface area contributed by atoms with Crippen LogP contribution in [0.15, 0.2) is 43.0 Å². The normalized spacial score (nSPS) is 22.5. The summed E-state index contributed by atoms with van der Waals surface area (Å²) in [7, 11) is 0. The molecular formula is C20H22N4O3S. The lowest BCUT2D eigenvalue weighted by molar-refractivity contribution is -0.127. The van der Waals surface area contributed by atoms with Crippen LogP contribution >= 0.6 is 11.8 Å². The molecule has 0 radical (unpaired) electrons. The summed E-state index contributed by atoms with van der Waals surface area (Å²) in [5, 5.41) is 2.86. The first-order valence-corrected chi connectivity index (χ1v) is 10.4. The fraction of sp³-hybridized carbons (Fsp3) is 0.400. The van der Waals surface area contributed by atoms with Gasteiger partial charge >= 0.3 is 0 Å². The minimum Gasteiger partial charge on any atom is -0.347 e. The minimum atomic E-state index is -0.242. The van der Waals surface area contributed by atoms with E-state index >= 15 is 0 Å². The Morgan fingerprint density at radius 2 is 1.96 bits per heavy atom. The fourth-order valence-corrected chi connectivity index (χ4v) is 4.64. The highest BCUT2D eigenvalue weighted by Crippen LogP contribution is 2.30. The predicted molar refractivity (Wildman–Crippen MR) is 106 cm³/mol. The molecule has 1 aliphatic heterocycles. The van der Waals surface area contributed by atoms with Crippen molar-refractivity contribution in [2.24, 2.45) is 0 Å². The van der Waals surface area contributed by atoms with E-state index in [4.69, 9.17) is 0 Å². The first-order chi connectivity index (χ1) is 13.6. The number of benzene rings is 1. The maximum absolute atomic E-state index is 12.7. The van der Waals surface area contributed by atoms with Crippen molar-refractivity contribution in [2.75, 3.05) is 5.75 Å². The number of rotatable bonds is 5. The lowest BCUT2D eigenvalue weighted by atomic mass is 9.89. The molecule has 7 nitrogen and oxygen atoms in total. The number of hydrogen-bond acceptors (Lipinski definition) is 5. The van der Waals surface area contributed by atoms with Gasteiger partial charge in [-0.1, -0.05) is 36.7 Å². The topological polar surface area (TPSA) is 84.3 Å². The molecule has 0 spiro atoms. The van der Waals surface area contributed by atoms with E-state index in [2.05, 4.69) is 10.3 Å². The third kappa shape index (κ3) is 3.96. The molecule has 2 aliphatic rings. The van der Waals surface area contributed by atoms with E-state index in [1.165, 1.54) is 4.90 Å². The van der Waals surface area contributed by atoms with Gasteiger partial charge in [-0.05, 0) is 30.5 Å². The van der Waals surface area contributed by atoms with Crippen LogP contribution in [0.2, 0.25) is 0 Å². The number of thioether (sulfide) groups is 1. The Balaban J connectivity index is 1.42. The second kappa shape index (κ2) is 8.18. The van der Waals surface area contributed by atoms with Gasteiger partial charge in [0, 0.05) is 24.5 Å². The second-order valence-corrected chi connectivity index (χ2v) is 8.11. The lowest BCUT2D eigenvalue weighted by Crippen LogP contribution is -2.54. The average molecular weight is 398 g/mol. The Kier molecular flexibility index (Phi) is 5.47. The molecule has 0 bridgehead atoms. The molecule has 2 aromatic rings. The molecule has 146 valence electrons. The van der Waals surface area contributed by atoms with Crippen molar-refractivity contribution in [3.63, 3.8) is 0 Å². The van der Waals surface area contributed by atoms with Crippen LogP contribution in [0.25, 0.3) is 0 Å². The highest BCUT2D eigenvalue weighted by atomic mass is 32.2. The number of nitrogens with one attached hydrogen (secondary N) is 1. The van der Waals surface area contributed by atoms with E-state index in [1.54, 1.807) is 24.7 Å². The van der Waals surface area contributed by atoms with Crippen molar-refractivity contribution < 1.29 is 14.4 Å². The van der Waals surface area contributed by atoms with Crippen molar-refractivity contribution >= 4 is 28.8 Å². The Morgan fingerprint density at radius 3 is 2.64 bits per heavy atom. The number of imidazole rings is 1. The molecule has 2 unspecified atom stereocenters. The van der Waals surface area contributed by atoms with Gasteiger partial charge in [-0.2, -0.15) is 0 Å². The summed E-state index contributed by atoms with van der Waals surface area (Å²) in [4.78, 5) is 42.4. The first kappa shape index (κ1) is 18.7. The number of amides is 3. The number of imide groups is 1. The summed E-state index contributed by atoms with van der Waals surface area (Å²) < 4.78 is 1.96. The molecular weight excluding hydrogens is 376 g/mol. The number of carbonyl (C=O) groups excluding carboxylic acids is 3. The van der Waals surface area contributed by atoms with Crippen LogP contribution in [0.5, 0.6) is 0 Å². The van der Waals surface area contributed by atoms with Gasteiger partial charge in [-0.15, -0.1) is 0 Å². The zero-order valence-corrected chi connectivity index (χ0v) is 16.2. The number of carbonyl (C=O) groups is 3. The molecule has 1 saturated carbocycles. The first-order valence-electron chi connectivity index (χ1n) is 9.46. The van der Waals surface area contributed by atoms with E-state index in [0.29, 0.717) is 12.1 Å². The van der Waals surface area contributed by atoms with Gasteiger partial charge in [-0.3, -0.25) is 19.3 Å². The number of aromatic nitrogens is 2. The monoisotopic (exact) mass is 398 g/mol. The molecule has 2 fully saturated rings. The van der Waals surface area contributed by atoms with E-state index in [-0.39, 0.29) is 34.9 Å². The quantitative estimate of drug-likeness (QED) is 0.837. The summed E-state index contributed by atoms with van der Waals surface area (Å²) in [6, 6.07) is 7.03. The Morgan fingerprint density at radius 1 is 1.18 bits per heavy atom. The smallest absolute Gasteiger partial charge is 0.289 e. The highest BCUT2D eigenvalue weighted by molar-refractivity contribution is 8.14. The molecule has 2 atom stereocenters. The minimum absolute atomic E-state index is 0.148. The van der Waals surface area contributed by atoms with Crippen LogP contribution in [0.4, 0.5) is 4.79 Å². The molecule has 1 saturated heterocycles. The van der Waals surface area contributed by atoms with Crippen LogP contribution < -0.4 is 5.32 Å². The van der Waals surface area contributed by atoms with E-state index < -0.39 is 0 Å². The van der Waals surface area contributed by atoms with E-state index in [9.17, 15) is 14.4 Å². The third-order valence-corrected chi connectivity index (χ3v) is 6.14. The van der Waals surface area contributed by atoms with Crippen LogP contribution in [0.3, 0.4) is 0 Å². The van der Waals surface area contributed by atoms with Crippen LogP contribution in [-0.4, -0.2) is 49.3 Å². The molecule has 2 heterocycles. The molecule has 1 aromatic heterocycles. The summed E-state index contributed by atoms with van der Waals surface area (Å²) in [6.07, 6.45) is 8.84. The van der Waals surface area contributed by atoms with Gasteiger partial charge in [-0.25, -0.2) is 4.98 Å². The average Bonchev–Trinajstić information content (AvgIpc) is 3.33.